The molecule has 17 heavy (non-hydrogen) atoms. The van der Waals surface area contributed by atoms with Gasteiger partial charge in [0, 0.05) is 19.2 Å². The lowest BCUT2D eigenvalue weighted by atomic mass is 10.1. The fraction of sp³-hybridized carbons (Fsp3) is 0.364. The number of carbonyl (C=O) groups excluding carboxylic acids is 1. The first-order valence-corrected chi connectivity index (χ1v) is 5.33. The van der Waals surface area contributed by atoms with Crippen LogP contribution in [0.15, 0.2) is 18.2 Å². The van der Waals surface area contributed by atoms with E-state index in [0.29, 0.717) is 13.1 Å². The van der Waals surface area contributed by atoms with E-state index in [1.54, 1.807) is 0 Å². The van der Waals surface area contributed by atoms with Crippen molar-refractivity contribution in [2.24, 2.45) is 0 Å². The topological polar surface area (TPSA) is 63.4 Å². The smallest absolute Gasteiger partial charge is 0.305 e. The summed E-state index contributed by atoms with van der Waals surface area (Å²) < 4.78 is 13.7. The first-order valence-electron chi connectivity index (χ1n) is 5.33. The summed E-state index contributed by atoms with van der Waals surface area (Å²) in [5.41, 5.74) is -0.879. The Bertz CT molecular complexity index is 470. The normalized spacial score (nSPS) is 15.0. The molecule has 5 nitrogen and oxygen atoms in total. The molecule has 1 amide bonds. The maximum Gasteiger partial charge on any atom is 0.305 e. The maximum absolute atomic E-state index is 13.7. The number of amides is 1. The summed E-state index contributed by atoms with van der Waals surface area (Å²) in [5.74, 6) is -1.52. The Hall–Kier alpha value is -1.98. The van der Waals surface area contributed by atoms with Gasteiger partial charge in [-0.25, -0.2) is 0 Å². The number of halogens is 1. The minimum absolute atomic E-state index is 0.221. The van der Waals surface area contributed by atoms with Crippen molar-refractivity contribution in [3.63, 3.8) is 0 Å². The van der Waals surface area contributed by atoms with Crippen LogP contribution in [0.3, 0.4) is 0 Å². The molecule has 1 aromatic carbocycles. The predicted molar refractivity (Wildman–Crippen MR) is 58.2 cm³/mol. The molecule has 0 N–H and O–H groups in total. The second-order valence-electron chi connectivity index (χ2n) is 3.90. The zero-order chi connectivity index (χ0) is 12.4. The number of nitrogens with zero attached hydrogens (tertiary/aromatic N) is 2. The number of benzene rings is 1. The van der Waals surface area contributed by atoms with E-state index in [1.807, 2.05) is 0 Å². The predicted octanol–water partition coefficient (Wildman–Crippen LogP) is 1.97. The minimum Gasteiger partial charge on any atom is -0.339 e. The number of hydrogen-bond donors (Lipinski definition) is 0. The fourth-order valence-corrected chi connectivity index (χ4v) is 1.92. The van der Waals surface area contributed by atoms with Crippen molar-refractivity contribution in [3.8, 4) is 0 Å². The molecule has 0 unspecified atom stereocenters. The number of nitro groups is 1. The summed E-state index contributed by atoms with van der Waals surface area (Å²) in [6.07, 6.45) is 1.78. The Balaban J connectivity index is 2.35. The van der Waals surface area contributed by atoms with Gasteiger partial charge in [0.05, 0.1) is 10.5 Å². The highest BCUT2D eigenvalue weighted by Gasteiger charge is 2.26. The van der Waals surface area contributed by atoms with Crippen LogP contribution in [0.4, 0.5) is 10.1 Å². The molecule has 1 aliphatic heterocycles. The van der Waals surface area contributed by atoms with Crippen LogP contribution in [0.5, 0.6) is 0 Å². The van der Waals surface area contributed by atoms with Crippen molar-refractivity contribution in [1.29, 1.82) is 0 Å². The summed E-state index contributed by atoms with van der Waals surface area (Å²) >= 11 is 0. The molecule has 1 fully saturated rings. The molecule has 0 aliphatic carbocycles. The van der Waals surface area contributed by atoms with Crippen molar-refractivity contribution in [3.05, 3.63) is 39.7 Å². The van der Waals surface area contributed by atoms with Crippen molar-refractivity contribution in [2.45, 2.75) is 12.8 Å². The molecule has 6 heteroatoms. The van der Waals surface area contributed by atoms with Crippen LogP contribution >= 0.6 is 0 Å². The first kappa shape index (κ1) is 11.5. The van der Waals surface area contributed by atoms with Gasteiger partial charge in [0.1, 0.15) is 0 Å². The molecule has 0 saturated carbocycles. The van der Waals surface area contributed by atoms with Crippen LogP contribution in [0.25, 0.3) is 0 Å². The van der Waals surface area contributed by atoms with Gasteiger partial charge in [0.2, 0.25) is 5.82 Å². The lowest BCUT2D eigenvalue weighted by Crippen LogP contribution is -2.28. The monoisotopic (exact) mass is 238 g/mol. The Labute approximate surface area is 97.0 Å². The largest absolute Gasteiger partial charge is 0.339 e. The second kappa shape index (κ2) is 4.48. The van der Waals surface area contributed by atoms with Crippen LogP contribution in [-0.4, -0.2) is 28.8 Å². The van der Waals surface area contributed by atoms with Gasteiger partial charge in [0.15, 0.2) is 0 Å². The third-order valence-electron chi connectivity index (χ3n) is 2.80. The van der Waals surface area contributed by atoms with E-state index in [9.17, 15) is 19.3 Å². The van der Waals surface area contributed by atoms with E-state index >= 15 is 0 Å². The van der Waals surface area contributed by atoms with Gasteiger partial charge < -0.3 is 4.90 Å². The van der Waals surface area contributed by atoms with E-state index in [-0.39, 0.29) is 5.56 Å². The molecule has 1 aromatic rings. The molecule has 0 bridgehead atoms. The molecule has 2 rings (SSSR count). The van der Waals surface area contributed by atoms with Crippen LogP contribution < -0.4 is 0 Å². The maximum atomic E-state index is 13.7. The summed E-state index contributed by atoms with van der Waals surface area (Å²) in [4.78, 5) is 23.2. The fourth-order valence-electron chi connectivity index (χ4n) is 1.92. The average Bonchev–Trinajstić information content (AvgIpc) is 2.81. The summed E-state index contributed by atoms with van der Waals surface area (Å²) in [6.45, 7) is 1.17. The van der Waals surface area contributed by atoms with Gasteiger partial charge in [0.25, 0.3) is 5.91 Å². The SMILES string of the molecule is O=C(c1cccc([N+](=O)[O-])c1F)N1CCCC1. The first-order chi connectivity index (χ1) is 8.11. The number of nitro benzene ring substituents is 1. The molecular weight excluding hydrogens is 227 g/mol. The van der Waals surface area contributed by atoms with E-state index in [0.717, 1.165) is 18.9 Å². The Morgan fingerprint density at radius 1 is 1.35 bits per heavy atom. The van der Waals surface area contributed by atoms with Crippen LogP contribution in [0, 0.1) is 15.9 Å². The number of carbonyl (C=O) groups is 1. The van der Waals surface area contributed by atoms with Crippen molar-refractivity contribution >= 4 is 11.6 Å². The third-order valence-corrected chi connectivity index (χ3v) is 2.80. The van der Waals surface area contributed by atoms with E-state index in [2.05, 4.69) is 0 Å². The molecule has 0 radical (unpaired) electrons. The summed E-state index contributed by atoms with van der Waals surface area (Å²) in [7, 11) is 0. The van der Waals surface area contributed by atoms with E-state index in [4.69, 9.17) is 0 Å². The number of hydrogen-bond acceptors (Lipinski definition) is 3. The van der Waals surface area contributed by atoms with Gasteiger partial charge in [-0.15, -0.1) is 0 Å². The number of rotatable bonds is 2. The van der Waals surface area contributed by atoms with E-state index < -0.39 is 22.3 Å². The van der Waals surface area contributed by atoms with Gasteiger partial charge in [-0.05, 0) is 18.9 Å². The second-order valence-corrected chi connectivity index (χ2v) is 3.90. The molecule has 0 aromatic heterocycles. The van der Waals surface area contributed by atoms with Gasteiger partial charge in [-0.2, -0.15) is 4.39 Å². The molecule has 1 heterocycles. The van der Waals surface area contributed by atoms with Gasteiger partial charge in [-0.3, -0.25) is 14.9 Å². The summed E-state index contributed by atoms with van der Waals surface area (Å²) in [5, 5.41) is 10.6. The summed E-state index contributed by atoms with van der Waals surface area (Å²) in [6, 6.07) is 3.66. The zero-order valence-electron chi connectivity index (χ0n) is 9.06. The van der Waals surface area contributed by atoms with Crippen LogP contribution in [0.2, 0.25) is 0 Å². The molecule has 90 valence electrons. The number of likely N-dealkylation sites (tertiary alicyclic amines) is 1. The molecule has 1 saturated heterocycles. The molecule has 1 aliphatic rings. The lowest BCUT2D eigenvalue weighted by Gasteiger charge is -2.15. The molecule has 0 atom stereocenters. The highest BCUT2D eigenvalue weighted by molar-refractivity contribution is 5.95. The minimum atomic E-state index is -1.05. The van der Waals surface area contributed by atoms with Crippen molar-refractivity contribution < 1.29 is 14.1 Å². The highest BCUT2D eigenvalue weighted by Crippen LogP contribution is 2.22. The lowest BCUT2D eigenvalue weighted by molar-refractivity contribution is -0.387. The van der Waals surface area contributed by atoms with Crippen molar-refractivity contribution in [2.75, 3.05) is 13.1 Å². The standard InChI is InChI=1S/C11H11FN2O3/c12-10-8(4-3-5-9(10)14(16)17)11(15)13-6-1-2-7-13/h3-5H,1-2,6-7H2. The zero-order valence-corrected chi connectivity index (χ0v) is 9.06. The Morgan fingerprint density at radius 3 is 2.59 bits per heavy atom. The third kappa shape index (κ3) is 2.11. The average molecular weight is 238 g/mol. The quantitative estimate of drug-likeness (QED) is 0.584. The Kier molecular flexibility index (Phi) is 3.03. The highest BCUT2D eigenvalue weighted by atomic mass is 19.1. The van der Waals surface area contributed by atoms with Crippen molar-refractivity contribution in [1.82, 2.24) is 4.90 Å². The van der Waals surface area contributed by atoms with Crippen LogP contribution in [0.1, 0.15) is 23.2 Å². The molecular formula is C11H11FN2O3. The van der Waals surface area contributed by atoms with Gasteiger partial charge in [-0.1, -0.05) is 6.07 Å². The van der Waals surface area contributed by atoms with E-state index in [1.165, 1.54) is 17.0 Å². The molecule has 0 spiro atoms. The van der Waals surface area contributed by atoms with Crippen LogP contribution in [-0.2, 0) is 0 Å². The van der Waals surface area contributed by atoms with Gasteiger partial charge >= 0.3 is 5.69 Å². The Morgan fingerprint density at radius 2 is 2.00 bits per heavy atom.